The van der Waals surface area contributed by atoms with Gasteiger partial charge in [0.05, 0.1) is 20.5 Å². The van der Waals surface area contributed by atoms with Crippen molar-refractivity contribution >= 4 is 81.5 Å². The maximum atomic E-state index is 13.4. The molecule has 35 heavy (non-hydrogen) atoms. The minimum atomic E-state index is -0.711. The maximum Gasteiger partial charge on any atom is 0.282 e. The van der Waals surface area contributed by atoms with E-state index in [-0.39, 0.29) is 43.4 Å². The highest BCUT2D eigenvalue weighted by Crippen LogP contribution is 2.39. The number of hydrogen-bond acceptors (Lipinski definition) is 5. The Bertz CT molecular complexity index is 1410. The summed E-state index contributed by atoms with van der Waals surface area (Å²) in [6.45, 7) is 0. The first-order valence-electron chi connectivity index (χ1n) is 9.75. The fourth-order valence-electron chi connectivity index (χ4n) is 3.19. The van der Waals surface area contributed by atoms with Crippen LogP contribution in [-0.4, -0.2) is 22.6 Å². The normalized spacial score (nSPS) is 14.3. The molecule has 0 spiro atoms. The Hall–Kier alpha value is -3.43. The fourth-order valence-corrected chi connectivity index (χ4v) is 4.29. The van der Waals surface area contributed by atoms with Crippen molar-refractivity contribution in [2.24, 2.45) is 5.10 Å². The molecule has 0 unspecified atom stereocenters. The van der Waals surface area contributed by atoms with E-state index < -0.39 is 16.7 Å². The van der Waals surface area contributed by atoms with Gasteiger partial charge in [-0.25, -0.2) is 0 Å². The number of nitrogens with zero attached hydrogens (tertiary/aromatic N) is 3. The zero-order chi connectivity index (χ0) is 25.3. The number of benzene rings is 3. The predicted molar refractivity (Wildman–Crippen MR) is 136 cm³/mol. The van der Waals surface area contributed by atoms with Gasteiger partial charge < -0.3 is 5.32 Å². The average molecular weight is 550 g/mol. The molecular formula is C23H12Cl4N4O4. The van der Waals surface area contributed by atoms with Crippen molar-refractivity contribution in [3.05, 3.63) is 108 Å². The standard InChI is InChI=1S/C23H12Cl4N4O4/c24-14-6-4-12(5-7-14)8-17-21(28-22(32)13-2-1-3-16(9-13)31(34)35)29-30(23(17)33)20-18(26)10-15(25)11-19(20)27/h1-11H,(H,28,29,32). The summed E-state index contributed by atoms with van der Waals surface area (Å²) in [5, 5.41) is 19.7. The lowest BCUT2D eigenvalue weighted by Gasteiger charge is -2.15. The summed E-state index contributed by atoms with van der Waals surface area (Å²) in [6, 6.07) is 14.6. The lowest BCUT2D eigenvalue weighted by Crippen LogP contribution is -2.31. The van der Waals surface area contributed by atoms with E-state index >= 15 is 0 Å². The number of amides is 2. The second kappa shape index (κ2) is 10.1. The number of nitro groups is 1. The third-order valence-corrected chi connectivity index (χ3v) is 5.85. The molecule has 0 bridgehead atoms. The van der Waals surface area contributed by atoms with Crippen LogP contribution in [0.1, 0.15) is 15.9 Å². The summed E-state index contributed by atoms with van der Waals surface area (Å²) in [6.07, 6.45) is 1.50. The van der Waals surface area contributed by atoms with Crippen LogP contribution in [0.4, 0.5) is 11.4 Å². The van der Waals surface area contributed by atoms with Gasteiger partial charge in [0.25, 0.3) is 17.5 Å². The molecule has 0 atom stereocenters. The van der Waals surface area contributed by atoms with Crippen LogP contribution < -0.4 is 10.3 Å². The van der Waals surface area contributed by atoms with E-state index in [1.54, 1.807) is 24.3 Å². The van der Waals surface area contributed by atoms with Gasteiger partial charge in [-0.1, -0.05) is 64.6 Å². The number of halogens is 4. The Morgan fingerprint density at radius 3 is 2.26 bits per heavy atom. The molecule has 0 aromatic heterocycles. The lowest BCUT2D eigenvalue weighted by molar-refractivity contribution is -0.384. The predicted octanol–water partition coefficient (Wildman–Crippen LogP) is 6.38. The van der Waals surface area contributed by atoms with E-state index in [9.17, 15) is 19.7 Å². The summed E-state index contributed by atoms with van der Waals surface area (Å²) in [5.74, 6) is -1.44. The number of carbonyl (C=O) groups is 2. The number of nitrogens with one attached hydrogen (secondary N) is 1. The maximum absolute atomic E-state index is 13.4. The van der Waals surface area contributed by atoms with Crippen molar-refractivity contribution < 1.29 is 14.5 Å². The molecule has 4 rings (SSSR count). The highest BCUT2D eigenvalue weighted by Gasteiger charge is 2.35. The highest BCUT2D eigenvalue weighted by molar-refractivity contribution is 6.44. The van der Waals surface area contributed by atoms with Crippen LogP contribution in [0.5, 0.6) is 0 Å². The molecule has 0 saturated carbocycles. The Kier molecular flexibility index (Phi) is 7.09. The minimum Gasteiger partial charge on any atom is -0.304 e. The fraction of sp³-hybridized carbons (Fsp3) is 0. The first-order chi connectivity index (χ1) is 16.6. The van der Waals surface area contributed by atoms with Crippen molar-refractivity contribution in [3.8, 4) is 0 Å². The molecule has 0 aliphatic carbocycles. The van der Waals surface area contributed by atoms with Gasteiger partial charge in [-0.05, 0) is 42.0 Å². The molecule has 3 aromatic rings. The molecule has 1 aliphatic heterocycles. The Labute approximate surface area is 218 Å². The number of nitro benzene ring substituents is 1. The van der Waals surface area contributed by atoms with Gasteiger partial charge in [-0.15, -0.1) is 5.10 Å². The summed E-state index contributed by atoms with van der Waals surface area (Å²) >= 11 is 24.5. The summed E-state index contributed by atoms with van der Waals surface area (Å²) in [4.78, 5) is 36.7. The van der Waals surface area contributed by atoms with Crippen LogP contribution in [0.15, 0.2) is 71.3 Å². The van der Waals surface area contributed by atoms with E-state index in [0.717, 1.165) is 11.1 Å². The SMILES string of the molecule is O=C(NC1=NN(c2c(Cl)cc(Cl)cc2Cl)C(=O)C1=Cc1ccc(Cl)cc1)c1cccc([N+](=O)[O-])c1. The molecule has 0 saturated heterocycles. The number of anilines is 1. The van der Waals surface area contributed by atoms with Crippen molar-refractivity contribution in [1.82, 2.24) is 5.32 Å². The van der Waals surface area contributed by atoms with E-state index in [1.807, 2.05) is 0 Å². The molecule has 1 aliphatic rings. The van der Waals surface area contributed by atoms with Crippen LogP contribution in [0.25, 0.3) is 6.08 Å². The molecule has 8 nitrogen and oxygen atoms in total. The molecular weight excluding hydrogens is 538 g/mol. The second-order valence-electron chi connectivity index (χ2n) is 7.15. The van der Waals surface area contributed by atoms with Crippen molar-refractivity contribution in [1.29, 1.82) is 0 Å². The second-order valence-corrected chi connectivity index (χ2v) is 8.84. The van der Waals surface area contributed by atoms with Crippen molar-refractivity contribution in [2.45, 2.75) is 0 Å². The minimum absolute atomic E-state index is 0.00111. The van der Waals surface area contributed by atoms with Gasteiger partial charge in [-0.2, -0.15) is 5.01 Å². The van der Waals surface area contributed by atoms with Gasteiger partial charge in [0.2, 0.25) is 0 Å². The topological polar surface area (TPSA) is 105 Å². The van der Waals surface area contributed by atoms with E-state index in [1.165, 1.54) is 36.4 Å². The summed E-state index contributed by atoms with van der Waals surface area (Å²) in [5.41, 5.74) is 0.435. The van der Waals surface area contributed by atoms with E-state index in [4.69, 9.17) is 46.4 Å². The molecule has 2 amide bonds. The molecule has 1 heterocycles. The molecule has 0 fully saturated rings. The molecule has 3 aromatic carbocycles. The summed E-state index contributed by atoms with van der Waals surface area (Å²) < 4.78 is 0. The molecule has 1 N–H and O–H groups in total. The zero-order valence-corrected chi connectivity index (χ0v) is 20.4. The Morgan fingerprint density at radius 2 is 1.63 bits per heavy atom. The molecule has 0 radical (unpaired) electrons. The average Bonchev–Trinajstić information content (AvgIpc) is 3.09. The van der Waals surface area contributed by atoms with Gasteiger partial charge in [0, 0.05) is 27.7 Å². The first-order valence-corrected chi connectivity index (χ1v) is 11.3. The van der Waals surface area contributed by atoms with Crippen LogP contribution in [0.3, 0.4) is 0 Å². The van der Waals surface area contributed by atoms with Crippen LogP contribution in [-0.2, 0) is 4.79 Å². The van der Waals surface area contributed by atoms with Gasteiger partial charge in [0.15, 0.2) is 5.84 Å². The van der Waals surface area contributed by atoms with Crippen LogP contribution in [0, 0.1) is 10.1 Å². The van der Waals surface area contributed by atoms with Gasteiger partial charge in [0.1, 0.15) is 5.69 Å². The number of rotatable bonds is 4. The number of carbonyl (C=O) groups excluding carboxylic acids is 2. The van der Waals surface area contributed by atoms with E-state index in [0.29, 0.717) is 10.6 Å². The highest BCUT2D eigenvalue weighted by atomic mass is 35.5. The van der Waals surface area contributed by atoms with Crippen LogP contribution >= 0.6 is 46.4 Å². The number of hydrazone groups is 1. The number of hydrogen-bond donors (Lipinski definition) is 1. The smallest absolute Gasteiger partial charge is 0.282 e. The zero-order valence-electron chi connectivity index (χ0n) is 17.3. The quantitative estimate of drug-likeness (QED) is 0.231. The van der Waals surface area contributed by atoms with E-state index in [2.05, 4.69) is 10.4 Å². The third-order valence-electron chi connectivity index (χ3n) is 4.80. The largest absolute Gasteiger partial charge is 0.304 e. The number of amidine groups is 1. The van der Waals surface area contributed by atoms with Crippen molar-refractivity contribution in [3.63, 3.8) is 0 Å². The lowest BCUT2D eigenvalue weighted by atomic mass is 10.1. The first kappa shape index (κ1) is 24.7. The van der Waals surface area contributed by atoms with Gasteiger partial charge >= 0.3 is 0 Å². The Morgan fingerprint density at radius 1 is 0.971 bits per heavy atom. The monoisotopic (exact) mass is 548 g/mol. The number of non-ortho nitro benzene ring substituents is 1. The van der Waals surface area contributed by atoms with Gasteiger partial charge in [-0.3, -0.25) is 19.7 Å². The Balaban J connectivity index is 1.77. The molecule has 12 heteroatoms. The third kappa shape index (κ3) is 5.31. The molecule has 176 valence electrons. The van der Waals surface area contributed by atoms with Crippen molar-refractivity contribution in [2.75, 3.05) is 5.01 Å². The summed E-state index contributed by atoms with van der Waals surface area (Å²) in [7, 11) is 0. The van der Waals surface area contributed by atoms with Crippen LogP contribution in [0.2, 0.25) is 20.1 Å².